The molecule has 1 N–H and O–H groups in total. The number of nitrogens with zero attached hydrogens (tertiary/aromatic N) is 4. The Morgan fingerprint density at radius 2 is 2.03 bits per heavy atom. The molecule has 4 rings (SSSR count). The van der Waals surface area contributed by atoms with Crippen LogP contribution in [0.25, 0.3) is 6.08 Å². The Kier molecular flexibility index (Phi) is 7.65. The summed E-state index contributed by atoms with van der Waals surface area (Å²) in [6.45, 7) is 6.89. The molecule has 0 spiro atoms. The van der Waals surface area contributed by atoms with Crippen molar-refractivity contribution >= 4 is 34.5 Å². The van der Waals surface area contributed by atoms with Gasteiger partial charge < -0.3 is 14.2 Å². The molecule has 0 aliphatic carbocycles. The molecule has 35 heavy (non-hydrogen) atoms. The predicted octanol–water partition coefficient (Wildman–Crippen LogP) is 5.44. The van der Waals surface area contributed by atoms with Gasteiger partial charge in [-0.3, -0.25) is 15.1 Å². The van der Waals surface area contributed by atoms with Crippen molar-refractivity contribution in [1.82, 2.24) is 19.4 Å². The molecule has 1 aliphatic rings. The van der Waals surface area contributed by atoms with Gasteiger partial charge in [0.25, 0.3) is 5.91 Å². The molecule has 9 heteroatoms. The van der Waals surface area contributed by atoms with Gasteiger partial charge in [-0.25, -0.2) is 9.78 Å². The Bertz CT molecular complexity index is 1180. The molecule has 0 unspecified atom stereocenters. The summed E-state index contributed by atoms with van der Waals surface area (Å²) in [6.07, 6.45) is 11.9. The summed E-state index contributed by atoms with van der Waals surface area (Å²) in [7, 11) is 0. The number of rotatable bonds is 6. The number of aromatic nitrogens is 3. The van der Waals surface area contributed by atoms with E-state index in [1.807, 2.05) is 67.3 Å². The van der Waals surface area contributed by atoms with Crippen LogP contribution in [-0.4, -0.2) is 49.6 Å². The lowest BCUT2D eigenvalue weighted by molar-refractivity contribution is 0.0150. The van der Waals surface area contributed by atoms with Crippen molar-refractivity contribution < 1.29 is 14.3 Å². The van der Waals surface area contributed by atoms with Gasteiger partial charge in [0.15, 0.2) is 5.13 Å². The first-order chi connectivity index (χ1) is 16.8. The van der Waals surface area contributed by atoms with E-state index in [9.17, 15) is 9.59 Å². The highest BCUT2D eigenvalue weighted by Gasteiger charge is 2.29. The lowest BCUT2D eigenvalue weighted by atomic mass is 10.0. The van der Waals surface area contributed by atoms with Gasteiger partial charge in [-0.05, 0) is 75.9 Å². The van der Waals surface area contributed by atoms with E-state index >= 15 is 0 Å². The minimum atomic E-state index is -0.525. The Balaban J connectivity index is 1.38. The third kappa shape index (κ3) is 6.79. The fourth-order valence-corrected chi connectivity index (χ4v) is 4.61. The fraction of sp³-hybridized carbons (Fsp3) is 0.385. The number of carbonyl (C=O) groups excluding carboxylic acids is 2. The third-order valence-electron chi connectivity index (χ3n) is 5.57. The second-order valence-corrected chi connectivity index (χ2v) is 10.4. The fourth-order valence-electron chi connectivity index (χ4n) is 3.94. The largest absolute Gasteiger partial charge is 0.444 e. The van der Waals surface area contributed by atoms with Gasteiger partial charge in [0.2, 0.25) is 0 Å². The van der Waals surface area contributed by atoms with Crippen LogP contribution in [0.3, 0.4) is 0 Å². The van der Waals surface area contributed by atoms with Crippen LogP contribution in [0.2, 0.25) is 0 Å². The minimum Gasteiger partial charge on any atom is -0.444 e. The van der Waals surface area contributed by atoms with Crippen LogP contribution in [0, 0.1) is 0 Å². The van der Waals surface area contributed by atoms with E-state index < -0.39 is 5.60 Å². The maximum atomic E-state index is 12.9. The average molecular weight is 494 g/mol. The van der Waals surface area contributed by atoms with Crippen molar-refractivity contribution in [2.24, 2.45) is 0 Å². The Hall–Kier alpha value is -3.46. The zero-order chi connectivity index (χ0) is 24.8. The molecule has 0 saturated carbocycles. The van der Waals surface area contributed by atoms with Crippen molar-refractivity contribution in [3.8, 4) is 0 Å². The molecule has 3 aromatic rings. The summed E-state index contributed by atoms with van der Waals surface area (Å²) in [5, 5.41) is 5.32. The number of pyridine rings is 1. The maximum Gasteiger partial charge on any atom is 0.410 e. The number of likely N-dealkylation sites (tertiary alicyclic amines) is 1. The van der Waals surface area contributed by atoms with Crippen molar-refractivity contribution in [2.45, 2.75) is 58.2 Å². The normalized spacial score (nSPS) is 16.4. The highest BCUT2D eigenvalue weighted by molar-refractivity contribution is 7.14. The van der Waals surface area contributed by atoms with Crippen molar-refractivity contribution in [2.75, 3.05) is 11.9 Å². The van der Waals surface area contributed by atoms with E-state index in [2.05, 4.69) is 15.3 Å². The topological polar surface area (TPSA) is 89.4 Å². The molecule has 8 nitrogen and oxygen atoms in total. The van der Waals surface area contributed by atoms with E-state index in [-0.39, 0.29) is 18.0 Å². The maximum absolute atomic E-state index is 12.9. The van der Waals surface area contributed by atoms with E-state index in [1.165, 1.54) is 11.3 Å². The van der Waals surface area contributed by atoms with Crippen LogP contribution in [0.15, 0.2) is 54.3 Å². The third-order valence-corrected chi connectivity index (χ3v) is 6.35. The van der Waals surface area contributed by atoms with Gasteiger partial charge >= 0.3 is 6.09 Å². The van der Waals surface area contributed by atoms with Gasteiger partial charge in [0, 0.05) is 37.1 Å². The molecular formula is C26H31N5O3S. The highest BCUT2D eigenvalue weighted by atomic mass is 32.1. The summed E-state index contributed by atoms with van der Waals surface area (Å²) < 4.78 is 7.47. The molecule has 184 valence electrons. The van der Waals surface area contributed by atoms with E-state index in [0.29, 0.717) is 23.9 Å². The zero-order valence-electron chi connectivity index (χ0n) is 20.3. The van der Waals surface area contributed by atoms with Gasteiger partial charge in [0.1, 0.15) is 11.3 Å². The molecule has 0 bridgehead atoms. The van der Waals surface area contributed by atoms with Crippen LogP contribution in [0.1, 0.15) is 61.8 Å². The van der Waals surface area contributed by atoms with Crippen molar-refractivity contribution in [1.29, 1.82) is 0 Å². The van der Waals surface area contributed by atoms with Crippen molar-refractivity contribution in [3.63, 3.8) is 0 Å². The summed E-state index contributed by atoms with van der Waals surface area (Å²) >= 11 is 1.37. The monoisotopic (exact) mass is 493 g/mol. The molecule has 2 amide bonds. The van der Waals surface area contributed by atoms with Crippen molar-refractivity contribution in [3.05, 3.63) is 71.3 Å². The van der Waals surface area contributed by atoms with Gasteiger partial charge in [-0.15, -0.1) is 11.3 Å². The van der Waals surface area contributed by atoms with Gasteiger partial charge in [-0.1, -0.05) is 6.08 Å². The minimum absolute atomic E-state index is 0.0326. The first kappa shape index (κ1) is 24.7. The lowest BCUT2D eigenvalue weighted by Gasteiger charge is -2.35. The molecule has 0 radical (unpaired) electrons. The number of thiazole rings is 1. The molecule has 1 atom stereocenters. The van der Waals surface area contributed by atoms with E-state index in [1.54, 1.807) is 23.4 Å². The lowest BCUT2D eigenvalue weighted by Crippen LogP contribution is -2.45. The Labute approximate surface area is 209 Å². The molecule has 3 aromatic heterocycles. The van der Waals surface area contributed by atoms with Gasteiger partial charge in [0.05, 0.1) is 11.7 Å². The predicted molar refractivity (Wildman–Crippen MR) is 137 cm³/mol. The van der Waals surface area contributed by atoms with Crippen LogP contribution >= 0.6 is 11.3 Å². The molecule has 1 aliphatic heterocycles. The number of anilines is 1. The Morgan fingerprint density at radius 1 is 1.23 bits per heavy atom. The summed E-state index contributed by atoms with van der Waals surface area (Å²) in [4.78, 5) is 35.9. The molecule has 1 fully saturated rings. The van der Waals surface area contributed by atoms with Crippen LogP contribution in [0.4, 0.5) is 9.93 Å². The van der Waals surface area contributed by atoms with Gasteiger partial charge in [-0.2, -0.15) is 0 Å². The van der Waals surface area contributed by atoms with E-state index in [0.717, 1.165) is 30.5 Å². The Morgan fingerprint density at radius 3 is 2.80 bits per heavy atom. The summed E-state index contributed by atoms with van der Waals surface area (Å²) in [5.41, 5.74) is 1.84. The zero-order valence-corrected chi connectivity index (χ0v) is 21.1. The number of hydrogen-bond acceptors (Lipinski definition) is 6. The van der Waals surface area contributed by atoms with Crippen LogP contribution in [-0.2, 0) is 11.3 Å². The molecule has 4 heterocycles. The number of amides is 2. The average Bonchev–Trinajstić information content (AvgIpc) is 3.47. The highest BCUT2D eigenvalue weighted by Crippen LogP contribution is 2.23. The first-order valence-corrected chi connectivity index (χ1v) is 12.7. The van der Waals surface area contributed by atoms with Crippen LogP contribution < -0.4 is 5.32 Å². The smallest absolute Gasteiger partial charge is 0.410 e. The number of hydrogen-bond donors (Lipinski definition) is 1. The standard InChI is InChI=1S/C26H31N5O3S/c1-26(2,3)34-25(33)31-16-5-4-7-21(31)10-9-20-18-35-24(28-20)29-23(32)22-8-6-15-30(22)17-19-11-13-27-14-12-19/h6,8-15,18,21H,4-5,7,16-17H2,1-3H3,(H,28,29,32)/t21-/m0/s1. The quantitative estimate of drug-likeness (QED) is 0.494. The molecular weight excluding hydrogens is 462 g/mol. The number of carbonyl (C=O) groups is 2. The summed E-state index contributed by atoms with van der Waals surface area (Å²) in [5.74, 6) is -0.211. The molecule has 0 aromatic carbocycles. The summed E-state index contributed by atoms with van der Waals surface area (Å²) in [6, 6.07) is 7.47. The van der Waals surface area contributed by atoms with E-state index in [4.69, 9.17) is 4.74 Å². The number of nitrogens with one attached hydrogen (secondary N) is 1. The first-order valence-electron chi connectivity index (χ1n) is 11.8. The second-order valence-electron chi connectivity index (χ2n) is 9.50. The SMILES string of the molecule is CC(C)(C)OC(=O)N1CCCC[C@H]1C=Cc1csc(NC(=O)c2cccn2Cc2ccncc2)n1. The number of piperidine rings is 1. The molecule has 1 saturated heterocycles. The number of ether oxygens (including phenoxy) is 1. The second kappa shape index (κ2) is 10.9. The van der Waals surface area contributed by atoms with Crippen LogP contribution in [0.5, 0.6) is 0 Å².